The number of hydrogen-bond acceptors (Lipinski definition) is 1. The average Bonchev–Trinajstić information content (AvgIpc) is 1.31. The first-order valence-corrected chi connectivity index (χ1v) is 1.52. The molecule has 0 aliphatic heterocycles. The first-order chi connectivity index (χ1) is 2.94. The summed E-state index contributed by atoms with van der Waals surface area (Å²) in [6.07, 6.45) is -4.64. The van der Waals surface area contributed by atoms with Gasteiger partial charge in [-0.3, -0.25) is 9.50 Å². The third-order valence-electron chi connectivity index (χ3n) is 0.399. The predicted molar refractivity (Wildman–Crippen MR) is 19.2 cm³/mol. The summed E-state index contributed by atoms with van der Waals surface area (Å²) in [5.41, 5.74) is 0. The fraction of sp³-hybridized carbons (Fsp3) is 0.667. The molecule has 0 heterocycles. The highest BCUT2D eigenvalue weighted by molar-refractivity contribution is 5.81. The van der Waals surface area contributed by atoms with E-state index in [4.69, 9.17) is 0 Å². The third-order valence-corrected chi connectivity index (χ3v) is 0.399. The number of alkyl halides is 3. The van der Waals surface area contributed by atoms with Crippen molar-refractivity contribution >= 4 is 5.78 Å². The Kier molecular flexibility index (Phi) is 3.42. The van der Waals surface area contributed by atoms with E-state index in [0.717, 1.165) is 0 Å². The number of rotatable bonds is 0. The van der Waals surface area contributed by atoms with Crippen LogP contribution in [0.4, 0.5) is 17.9 Å². The number of hydrogen-bond donors (Lipinski definition) is 0. The van der Waals surface area contributed by atoms with E-state index in [-0.39, 0.29) is 4.70 Å². The maximum atomic E-state index is 10.8. The summed E-state index contributed by atoms with van der Waals surface area (Å²) in [5.74, 6) is -1.76. The second kappa shape index (κ2) is 2.64. The van der Waals surface area contributed by atoms with Gasteiger partial charge in [0.05, 0.1) is 0 Å². The fourth-order valence-corrected chi connectivity index (χ4v) is 0. The molecule has 5 heteroatoms. The van der Waals surface area contributed by atoms with Crippen LogP contribution in [0.1, 0.15) is 6.92 Å². The zero-order valence-electron chi connectivity index (χ0n) is 3.95. The van der Waals surface area contributed by atoms with E-state index in [9.17, 15) is 18.0 Å². The van der Waals surface area contributed by atoms with Gasteiger partial charge < -0.3 is 0 Å². The highest BCUT2D eigenvalue weighted by Gasteiger charge is 2.33. The van der Waals surface area contributed by atoms with E-state index in [1.54, 1.807) is 0 Å². The molecule has 0 spiro atoms. The van der Waals surface area contributed by atoms with Crippen molar-refractivity contribution in [1.82, 2.24) is 0 Å². The Morgan fingerprint density at radius 3 is 1.50 bits per heavy atom. The summed E-state index contributed by atoms with van der Waals surface area (Å²) in [6.45, 7) is 0.486. The lowest BCUT2D eigenvalue weighted by Gasteiger charge is -1.95. The molecule has 0 saturated heterocycles. The zero-order chi connectivity index (χ0) is 6.08. The number of carbonyl (C=O) groups is 1. The molecule has 0 aromatic heterocycles. The van der Waals surface area contributed by atoms with E-state index >= 15 is 0 Å². The van der Waals surface area contributed by atoms with Gasteiger partial charge in [0.1, 0.15) is 0 Å². The Bertz CT molecular complexity index is 83.8. The summed E-state index contributed by atoms with van der Waals surface area (Å²) in [5, 5.41) is 0. The maximum Gasteiger partial charge on any atom is 0.449 e. The van der Waals surface area contributed by atoms with E-state index < -0.39 is 12.0 Å². The van der Waals surface area contributed by atoms with Crippen molar-refractivity contribution in [2.45, 2.75) is 13.1 Å². The van der Waals surface area contributed by atoms with Gasteiger partial charge in [-0.15, -0.1) is 0 Å². The van der Waals surface area contributed by atoms with Crippen LogP contribution >= 0.6 is 0 Å². The summed E-state index contributed by atoms with van der Waals surface area (Å²) in [7, 11) is 0. The molecule has 50 valence electrons. The molecule has 0 bridgehead atoms. The summed E-state index contributed by atoms with van der Waals surface area (Å²) >= 11 is 0. The zero-order valence-corrected chi connectivity index (χ0v) is 3.95. The van der Waals surface area contributed by atoms with Gasteiger partial charge in [0.15, 0.2) is 0 Å². The molecule has 8 heavy (non-hydrogen) atoms. The Hall–Kier alpha value is -0.610. The van der Waals surface area contributed by atoms with Crippen molar-refractivity contribution in [3.05, 3.63) is 0 Å². The van der Waals surface area contributed by atoms with E-state index in [0.29, 0.717) is 6.92 Å². The first-order valence-electron chi connectivity index (χ1n) is 1.52. The lowest BCUT2D eigenvalue weighted by molar-refractivity contribution is -0.168. The standard InChI is InChI=1S/C3H3F3O.FH/c1-2(7)3(4,5)6;/h1H3;1H. The van der Waals surface area contributed by atoms with Crippen LogP contribution in [0.5, 0.6) is 0 Å². The van der Waals surface area contributed by atoms with Crippen LogP contribution in [0.3, 0.4) is 0 Å². The van der Waals surface area contributed by atoms with Gasteiger partial charge in [-0.05, 0) is 0 Å². The monoisotopic (exact) mass is 132 g/mol. The SMILES string of the molecule is CC(=O)C(F)(F)F.F. The van der Waals surface area contributed by atoms with Crippen LogP contribution in [0.2, 0.25) is 0 Å². The molecule has 1 nitrogen and oxygen atoms in total. The Labute approximate surface area is 42.9 Å². The summed E-state index contributed by atoms with van der Waals surface area (Å²) in [4.78, 5) is 9.34. The van der Waals surface area contributed by atoms with Gasteiger partial charge >= 0.3 is 6.18 Å². The molecule has 0 unspecified atom stereocenters. The minimum atomic E-state index is -4.64. The number of ketones is 1. The van der Waals surface area contributed by atoms with E-state index in [1.165, 1.54) is 0 Å². The minimum absolute atomic E-state index is 0. The number of halogens is 4. The highest BCUT2D eigenvalue weighted by Crippen LogP contribution is 2.14. The molecule has 0 N–H and O–H groups in total. The molecule has 0 saturated carbocycles. The van der Waals surface area contributed by atoms with Crippen molar-refractivity contribution in [3.8, 4) is 0 Å². The molecule has 0 aromatic rings. The van der Waals surface area contributed by atoms with Gasteiger partial charge in [0.25, 0.3) is 0 Å². The van der Waals surface area contributed by atoms with Crippen LogP contribution in [-0.2, 0) is 4.79 Å². The van der Waals surface area contributed by atoms with Gasteiger partial charge in [0, 0.05) is 6.92 Å². The molecule has 0 aliphatic carbocycles. The smallest absolute Gasteiger partial charge is 0.290 e. The van der Waals surface area contributed by atoms with Crippen LogP contribution in [0.25, 0.3) is 0 Å². The van der Waals surface area contributed by atoms with Gasteiger partial charge in [-0.25, -0.2) is 0 Å². The van der Waals surface area contributed by atoms with Gasteiger partial charge in [-0.1, -0.05) is 0 Å². The molecule has 0 amide bonds. The topological polar surface area (TPSA) is 17.1 Å². The Balaban J connectivity index is 0. The lowest BCUT2D eigenvalue weighted by atomic mass is 10.5. The van der Waals surface area contributed by atoms with Crippen molar-refractivity contribution in [1.29, 1.82) is 0 Å². The van der Waals surface area contributed by atoms with Crippen LogP contribution in [0, 0.1) is 0 Å². The normalized spacial score (nSPS) is 10.0. The highest BCUT2D eigenvalue weighted by atomic mass is 19.4. The van der Waals surface area contributed by atoms with Crippen LogP contribution < -0.4 is 0 Å². The quantitative estimate of drug-likeness (QED) is 0.454. The van der Waals surface area contributed by atoms with Gasteiger partial charge in [0.2, 0.25) is 5.78 Å². The summed E-state index contributed by atoms with van der Waals surface area (Å²) in [6, 6.07) is 0. The van der Waals surface area contributed by atoms with Crippen molar-refractivity contribution in [3.63, 3.8) is 0 Å². The fourth-order valence-electron chi connectivity index (χ4n) is 0. The average molecular weight is 132 g/mol. The maximum absolute atomic E-state index is 10.8. The van der Waals surface area contributed by atoms with Crippen molar-refractivity contribution in [2.24, 2.45) is 0 Å². The lowest BCUT2D eigenvalue weighted by Crippen LogP contribution is -2.18. The summed E-state index contributed by atoms with van der Waals surface area (Å²) < 4.78 is 32.5. The Morgan fingerprint density at radius 2 is 1.50 bits per heavy atom. The third kappa shape index (κ3) is 3.58. The molecular formula is C3H4F4O. The molecule has 0 rings (SSSR count). The molecule has 0 atom stereocenters. The van der Waals surface area contributed by atoms with Crippen LogP contribution in [0.15, 0.2) is 0 Å². The molecule has 0 aliphatic rings. The van der Waals surface area contributed by atoms with Crippen molar-refractivity contribution in [2.75, 3.05) is 0 Å². The largest absolute Gasteiger partial charge is 0.449 e. The number of carbonyl (C=O) groups excluding carboxylic acids is 1. The Morgan fingerprint density at radius 1 is 1.38 bits per heavy atom. The minimum Gasteiger partial charge on any atom is -0.290 e. The molecular weight excluding hydrogens is 128 g/mol. The molecule has 0 aromatic carbocycles. The number of Topliss-reactive ketones (excluding diaryl/α,β-unsaturated/α-hetero) is 1. The molecule has 0 fully saturated rings. The van der Waals surface area contributed by atoms with Crippen LogP contribution in [-0.4, -0.2) is 12.0 Å². The second-order valence-electron chi connectivity index (χ2n) is 1.05. The van der Waals surface area contributed by atoms with E-state index in [1.807, 2.05) is 0 Å². The predicted octanol–water partition coefficient (Wildman–Crippen LogP) is 1.29. The van der Waals surface area contributed by atoms with Crippen molar-refractivity contribution < 1.29 is 22.7 Å². The second-order valence-corrected chi connectivity index (χ2v) is 1.05. The van der Waals surface area contributed by atoms with E-state index in [2.05, 4.69) is 0 Å². The van der Waals surface area contributed by atoms with Gasteiger partial charge in [-0.2, -0.15) is 13.2 Å². The molecule has 0 radical (unpaired) electrons. The first kappa shape index (κ1) is 10.4.